The van der Waals surface area contributed by atoms with Gasteiger partial charge in [-0.25, -0.2) is 4.39 Å². The molecule has 0 bridgehead atoms. The molecule has 1 fully saturated rings. The van der Waals surface area contributed by atoms with Gasteiger partial charge in [0.25, 0.3) is 0 Å². The van der Waals surface area contributed by atoms with Gasteiger partial charge in [0.2, 0.25) is 0 Å². The van der Waals surface area contributed by atoms with E-state index in [1.54, 1.807) is 6.07 Å². The van der Waals surface area contributed by atoms with Crippen LogP contribution in [0.1, 0.15) is 18.9 Å². The fourth-order valence-corrected chi connectivity index (χ4v) is 2.54. The molecule has 2 atom stereocenters. The summed E-state index contributed by atoms with van der Waals surface area (Å²) in [5.41, 5.74) is 6.57. The quantitative estimate of drug-likeness (QED) is 0.872. The highest BCUT2D eigenvalue weighted by molar-refractivity contribution is 5.17. The fraction of sp³-hybridized carbons (Fsp3) is 0.571. The molecule has 2 unspecified atom stereocenters. The molecule has 1 aliphatic heterocycles. The molecule has 3 heteroatoms. The largest absolute Gasteiger partial charge is 0.330 e. The molecule has 2 N–H and O–H groups in total. The Bertz CT molecular complexity index is 367. The molecule has 1 saturated heterocycles. The molecule has 1 heterocycles. The summed E-state index contributed by atoms with van der Waals surface area (Å²) in [6, 6.07) is 7.03. The van der Waals surface area contributed by atoms with Gasteiger partial charge in [0.05, 0.1) is 0 Å². The second-order valence-corrected chi connectivity index (χ2v) is 5.09. The molecule has 0 saturated carbocycles. The number of hydrogen-bond donors (Lipinski definition) is 1. The van der Waals surface area contributed by atoms with Crippen LogP contribution in [0, 0.1) is 17.7 Å². The summed E-state index contributed by atoms with van der Waals surface area (Å²) in [7, 11) is 0. The molecule has 2 nitrogen and oxygen atoms in total. The lowest BCUT2D eigenvalue weighted by molar-refractivity contribution is 0.125. The predicted octanol–water partition coefficient (Wildman–Crippen LogP) is 2.24. The standard InChI is InChI=1S/C14H21FN2/c1-11-6-7-17(10-13(11)8-16)9-12-4-2-3-5-14(12)15/h2-5,11,13H,6-10,16H2,1H3. The molecule has 1 aromatic carbocycles. The Morgan fingerprint density at radius 3 is 2.88 bits per heavy atom. The van der Waals surface area contributed by atoms with Gasteiger partial charge in [-0.15, -0.1) is 0 Å². The van der Waals surface area contributed by atoms with E-state index in [-0.39, 0.29) is 5.82 Å². The molecular formula is C14H21FN2. The first-order chi connectivity index (χ1) is 8.20. The highest BCUT2D eigenvalue weighted by atomic mass is 19.1. The second kappa shape index (κ2) is 5.61. The molecule has 0 radical (unpaired) electrons. The predicted molar refractivity (Wildman–Crippen MR) is 68.0 cm³/mol. The van der Waals surface area contributed by atoms with Gasteiger partial charge in [-0.3, -0.25) is 4.90 Å². The average Bonchev–Trinajstić information content (AvgIpc) is 2.34. The van der Waals surface area contributed by atoms with Crippen molar-refractivity contribution >= 4 is 0 Å². The Balaban J connectivity index is 1.98. The molecule has 0 amide bonds. The van der Waals surface area contributed by atoms with Crippen LogP contribution in [0.25, 0.3) is 0 Å². The van der Waals surface area contributed by atoms with E-state index in [0.29, 0.717) is 18.4 Å². The van der Waals surface area contributed by atoms with E-state index in [1.807, 2.05) is 12.1 Å². The third kappa shape index (κ3) is 3.05. The van der Waals surface area contributed by atoms with Gasteiger partial charge in [-0.05, 0) is 37.4 Å². The minimum Gasteiger partial charge on any atom is -0.330 e. The Morgan fingerprint density at radius 2 is 2.18 bits per heavy atom. The second-order valence-electron chi connectivity index (χ2n) is 5.09. The summed E-state index contributed by atoms with van der Waals surface area (Å²) in [5, 5.41) is 0. The van der Waals surface area contributed by atoms with E-state index in [9.17, 15) is 4.39 Å². The van der Waals surface area contributed by atoms with Crippen molar-refractivity contribution in [1.82, 2.24) is 4.90 Å². The van der Waals surface area contributed by atoms with Crippen LogP contribution in [0.3, 0.4) is 0 Å². The van der Waals surface area contributed by atoms with Gasteiger partial charge in [0.15, 0.2) is 0 Å². The van der Waals surface area contributed by atoms with Crippen LogP contribution in [0.15, 0.2) is 24.3 Å². The van der Waals surface area contributed by atoms with Crippen molar-refractivity contribution in [2.45, 2.75) is 19.9 Å². The molecule has 0 aromatic heterocycles. The van der Waals surface area contributed by atoms with E-state index in [4.69, 9.17) is 5.73 Å². The van der Waals surface area contributed by atoms with Crippen molar-refractivity contribution in [3.8, 4) is 0 Å². The van der Waals surface area contributed by atoms with Crippen molar-refractivity contribution in [2.24, 2.45) is 17.6 Å². The van der Waals surface area contributed by atoms with Gasteiger partial charge in [0, 0.05) is 18.7 Å². The van der Waals surface area contributed by atoms with Gasteiger partial charge in [-0.1, -0.05) is 25.1 Å². The summed E-state index contributed by atoms with van der Waals surface area (Å²) in [5.74, 6) is 1.14. The Hall–Kier alpha value is -0.930. The first kappa shape index (κ1) is 12.5. The first-order valence-corrected chi connectivity index (χ1v) is 6.36. The summed E-state index contributed by atoms with van der Waals surface area (Å²) < 4.78 is 13.5. The molecule has 94 valence electrons. The summed E-state index contributed by atoms with van der Waals surface area (Å²) in [4.78, 5) is 2.32. The molecule has 2 rings (SSSR count). The third-order valence-electron chi connectivity index (χ3n) is 3.85. The van der Waals surface area contributed by atoms with Crippen LogP contribution in [0.5, 0.6) is 0 Å². The van der Waals surface area contributed by atoms with Crippen LogP contribution in [-0.2, 0) is 6.54 Å². The molecular weight excluding hydrogens is 215 g/mol. The van der Waals surface area contributed by atoms with E-state index in [0.717, 1.165) is 31.6 Å². The van der Waals surface area contributed by atoms with Crippen molar-refractivity contribution in [2.75, 3.05) is 19.6 Å². The van der Waals surface area contributed by atoms with Crippen LogP contribution in [-0.4, -0.2) is 24.5 Å². The maximum atomic E-state index is 13.5. The van der Waals surface area contributed by atoms with Gasteiger partial charge < -0.3 is 5.73 Å². The monoisotopic (exact) mass is 236 g/mol. The highest BCUT2D eigenvalue weighted by Gasteiger charge is 2.25. The van der Waals surface area contributed by atoms with Crippen LogP contribution in [0.2, 0.25) is 0 Å². The Labute approximate surface area is 103 Å². The average molecular weight is 236 g/mol. The lowest BCUT2D eigenvalue weighted by atomic mass is 9.87. The van der Waals surface area contributed by atoms with E-state index >= 15 is 0 Å². The smallest absolute Gasteiger partial charge is 0.127 e. The maximum Gasteiger partial charge on any atom is 0.127 e. The number of halogens is 1. The number of nitrogens with zero attached hydrogens (tertiary/aromatic N) is 1. The van der Waals surface area contributed by atoms with E-state index in [2.05, 4.69) is 11.8 Å². The number of piperidine rings is 1. The van der Waals surface area contributed by atoms with Crippen molar-refractivity contribution in [1.29, 1.82) is 0 Å². The Morgan fingerprint density at radius 1 is 1.41 bits per heavy atom. The van der Waals surface area contributed by atoms with Gasteiger partial charge in [0.1, 0.15) is 5.82 Å². The van der Waals surface area contributed by atoms with Crippen LogP contribution in [0.4, 0.5) is 4.39 Å². The number of benzene rings is 1. The first-order valence-electron chi connectivity index (χ1n) is 6.36. The minimum absolute atomic E-state index is 0.101. The zero-order valence-corrected chi connectivity index (χ0v) is 10.4. The molecule has 1 aromatic rings. The number of nitrogens with two attached hydrogens (primary N) is 1. The van der Waals surface area contributed by atoms with Crippen molar-refractivity contribution in [3.05, 3.63) is 35.6 Å². The zero-order valence-electron chi connectivity index (χ0n) is 10.4. The van der Waals surface area contributed by atoms with Gasteiger partial charge >= 0.3 is 0 Å². The lowest BCUT2D eigenvalue weighted by Gasteiger charge is -2.36. The number of hydrogen-bond acceptors (Lipinski definition) is 2. The van der Waals surface area contributed by atoms with Crippen molar-refractivity contribution < 1.29 is 4.39 Å². The third-order valence-corrected chi connectivity index (χ3v) is 3.85. The fourth-order valence-electron chi connectivity index (χ4n) is 2.54. The van der Waals surface area contributed by atoms with Gasteiger partial charge in [-0.2, -0.15) is 0 Å². The minimum atomic E-state index is -0.101. The number of rotatable bonds is 3. The summed E-state index contributed by atoms with van der Waals surface area (Å²) >= 11 is 0. The van der Waals surface area contributed by atoms with E-state index in [1.165, 1.54) is 6.07 Å². The van der Waals surface area contributed by atoms with E-state index < -0.39 is 0 Å². The molecule has 0 spiro atoms. The Kier molecular flexibility index (Phi) is 4.13. The summed E-state index contributed by atoms with van der Waals surface area (Å²) in [6.45, 7) is 5.74. The normalized spacial score (nSPS) is 26.1. The lowest BCUT2D eigenvalue weighted by Crippen LogP contribution is -2.42. The molecule has 1 aliphatic rings. The maximum absolute atomic E-state index is 13.5. The number of likely N-dealkylation sites (tertiary alicyclic amines) is 1. The molecule has 17 heavy (non-hydrogen) atoms. The summed E-state index contributed by atoms with van der Waals surface area (Å²) in [6.07, 6.45) is 1.16. The zero-order chi connectivity index (χ0) is 12.3. The SMILES string of the molecule is CC1CCN(Cc2ccccc2F)CC1CN. The van der Waals surface area contributed by atoms with Crippen molar-refractivity contribution in [3.63, 3.8) is 0 Å². The highest BCUT2D eigenvalue weighted by Crippen LogP contribution is 2.23. The topological polar surface area (TPSA) is 29.3 Å². The van der Waals surface area contributed by atoms with Crippen LogP contribution >= 0.6 is 0 Å². The van der Waals surface area contributed by atoms with Crippen LogP contribution < -0.4 is 5.73 Å². The molecule has 0 aliphatic carbocycles.